The van der Waals surface area contributed by atoms with Gasteiger partial charge in [-0.05, 0) is 57.0 Å². The standard InChI is InChI=1S/C24H27ClN4O2/c1-24(2)10-9-19(27-24)23(30)29-13-11-28(12-14-29)22-17-15-16(25)7-8-20(17)31-21-6-4-3-5-18(21)26-22/h3-8,15,19,27H,9-14H2,1-2H3/t19-/m1/s1. The maximum Gasteiger partial charge on any atom is 0.239 e. The van der Waals surface area contributed by atoms with Crippen molar-refractivity contribution in [3.05, 3.63) is 53.1 Å². The van der Waals surface area contributed by atoms with Crippen LogP contribution < -0.4 is 10.1 Å². The molecule has 3 aliphatic rings. The van der Waals surface area contributed by atoms with Crippen LogP contribution in [0.5, 0.6) is 11.5 Å². The molecule has 3 aliphatic heterocycles. The highest BCUT2D eigenvalue weighted by Crippen LogP contribution is 2.39. The molecule has 0 aliphatic carbocycles. The summed E-state index contributed by atoms with van der Waals surface area (Å²) in [6, 6.07) is 13.3. The molecule has 6 nitrogen and oxygen atoms in total. The first kappa shape index (κ1) is 20.3. The fraction of sp³-hybridized carbons (Fsp3) is 0.417. The Kier molecular flexibility index (Phi) is 5.15. The Morgan fingerprint density at radius 3 is 2.65 bits per heavy atom. The average molecular weight is 439 g/mol. The molecule has 5 rings (SSSR count). The summed E-state index contributed by atoms with van der Waals surface area (Å²) in [6.45, 7) is 7.10. The van der Waals surface area contributed by atoms with E-state index in [0.29, 0.717) is 18.1 Å². The highest BCUT2D eigenvalue weighted by molar-refractivity contribution is 6.31. The van der Waals surface area contributed by atoms with Crippen molar-refractivity contribution >= 4 is 29.0 Å². The Bertz CT molecular complexity index is 1040. The topological polar surface area (TPSA) is 57.2 Å². The quantitative estimate of drug-likeness (QED) is 0.725. The number of benzene rings is 2. The molecule has 162 valence electrons. The number of para-hydroxylation sites is 2. The average Bonchev–Trinajstić information content (AvgIpc) is 3.04. The number of piperazine rings is 1. The lowest BCUT2D eigenvalue weighted by Gasteiger charge is -2.37. The van der Waals surface area contributed by atoms with Gasteiger partial charge in [-0.25, -0.2) is 4.99 Å². The number of amides is 1. The molecule has 0 spiro atoms. The zero-order valence-electron chi connectivity index (χ0n) is 17.9. The molecule has 2 aromatic rings. The Morgan fingerprint density at radius 2 is 1.90 bits per heavy atom. The number of aliphatic imine (C=N–C) groups is 1. The highest BCUT2D eigenvalue weighted by atomic mass is 35.5. The number of fused-ring (bicyclic) bond motifs is 2. The molecule has 2 saturated heterocycles. The van der Waals surface area contributed by atoms with E-state index in [1.165, 1.54) is 0 Å². The summed E-state index contributed by atoms with van der Waals surface area (Å²) in [5.74, 6) is 2.52. The lowest BCUT2D eigenvalue weighted by molar-refractivity contribution is -0.134. The van der Waals surface area contributed by atoms with Gasteiger partial charge in [0.15, 0.2) is 5.75 Å². The van der Waals surface area contributed by atoms with E-state index >= 15 is 0 Å². The van der Waals surface area contributed by atoms with Crippen LogP contribution in [0, 0.1) is 0 Å². The fourth-order valence-electron chi connectivity index (χ4n) is 4.60. The summed E-state index contributed by atoms with van der Waals surface area (Å²) in [7, 11) is 0. The molecule has 1 atom stereocenters. The van der Waals surface area contributed by atoms with E-state index in [-0.39, 0.29) is 17.5 Å². The number of rotatable bonds is 1. The second-order valence-corrected chi connectivity index (χ2v) is 9.51. The largest absolute Gasteiger partial charge is 0.454 e. The van der Waals surface area contributed by atoms with Crippen molar-refractivity contribution in [2.24, 2.45) is 4.99 Å². The van der Waals surface area contributed by atoms with E-state index in [2.05, 4.69) is 24.1 Å². The van der Waals surface area contributed by atoms with Crippen molar-refractivity contribution in [1.82, 2.24) is 15.1 Å². The van der Waals surface area contributed by atoms with Crippen LogP contribution >= 0.6 is 11.6 Å². The van der Waals surface area contributed by atoms with Gasteiger partial charge in [0.05, 0.1) is 11.6 Å². The molecule has 1 N–H and O–H groups in total. The molecule has 1 amide bonds. The molecule has 31 heavy (non-hydrogen) atoms. The molecule has 0 saturated carbocycles. The monoisotopic (exact) mass is 438 g/mol. The first-order valence-electron chi connectivity index (χ1n) is 10.9. The molecule has 7 heteroatoms. The van der Waals surface area contributed by atoms with E-state index in [1.54, 1.807) is 0 Å². The third-order valence-electron chi connectivity index (χ3n) is 6.31. The van der Waals surface area contributed by atoms with Crippen LogP contribution in [0.1, 0.15) is 32.3 Å². The summed E-state index contributed by atoms with van der Waals surface area (Å²) >= 11 is 6.32. The van der Waals surface area contributed by atoms with Crippen molar-refractivity contribution in [2.75, 3.05) is 26.2 Å². The van der Waals surface area contributed by atoms with Crippen LogP contribution in [0.4, 0.5) is 5.69 Å². The van der Waals surface area contributed by atoms with Crippen LogP contribution in [0.25, 0.3) is 0 Å². The van der Waals surface area contributed by atoms with Gasteiger partial charge in [0.1, 0.15) is 17.3 Å². The summed E-state index contributed by atoms with van der Waals surface area (Å²) in [6.07, 6.45) is 1.93. The van der Waals surface area contributed by atoms with Crippen molar-refractivity contribution in [3.8, 4) is 11.5 Å². The lowest BCUT2D eigenvalue weighted by Crippen LogP contribution is -2.55. The van der Waals surface area contributed by atoms with Crippen LogP contribution in [0.2, 0.25) is 5.02 Å². The number of halogens is 1. The van der Waals surface area contributed by atoms with Crippen LogP contribution in [-0.2, 0) is 4.79 Å². The summed E-state index contributed by atoms with van der Waals surface area (Å²) in [5.41, 5.74) is 1.71. The predicted octanol–water partition coefficient (Wildman–Crippen LogP) is 4.20. The number of carbonyl (C=O) groups excluding carboxylic acids is 1. The number of amidine groups is 1. The van der Waals surface area contributed by atoms with Gasteiger partial charge in [0.25, 0.3) is 0 Å². The fourth-order valence-corrected chi connectivity index (χ4v) is 4.77. The van der Waals surface area contributed by atoms with Gasteiger partial charge in [-0.2, -0.15) is 0 Å². The Hall–Kier alpha value is -2.57. The Morgan fingerprint density at radius 1 is 1.13 bits per heavy atom. The Balaban J connectivity index is 1.38. The van der Waals surface area contributed by atoms with Gasteiger partial charge in [-0.1, -0.05) is 23.7 Å². The molecular formula is C24H27ClN4O2. The first-order chi connectivity index (χ1) is 14.9. The smallest absolute Gasteiger partial charge is 0.239 e. The van der Waals surface area contributed by atoms with Crippen LogP contribution in [-0.4, -0.2) is 59.3 Å². The normalized spacial score (nSPS) is 22.2. The minimum atomic E-state index is -0.0726. The summed E-state index contributed by atoms with van der Waals surface area (Å²) in [4.78, 5) is 22.2. The number of carbonyl (C=O) groups is 1. The minimum absolute atomic E-state index is 0.0353. The maximum absolute atomic E-state index is 13.0. The summed E-state index contributed by atoms with van der Waals surface area (Å²) < 4.78 is 6.15. The minimum Gasteiger partial charge on any atom is -0.454 e. The number of nitrogens with one attached hydrogen (secondary N) is 1. The van der Waals surface area contributed by atoms with Gasteiger partial charge < -0.3 is 19.9 Å². The van der Waals surface area contributed by atoms with Gasteiger partial charge in [0.2, 0.25) is 5.91 Å². The molecule has 0 radical (unpaired) electrons. The van der Waals surface area contributed by atoms with E-state index in [9.17, 15) is 4.79 Å². The van der Waals surface area contributed by atoms with Crippen molar-refractivity contribution < 1.29 is 9.53 Å². The van der Waals surface area contributed by atoms with Gasteiger partial charge in [-0.3, -0.25) is 4.79 Å². The van der Waals surface area contributed by atoms with Crippen molar-refractivity contribution in [3.63, 3.8) is 0 Å². The first-order valence-corrected chi connectivity index (χ1v) is 11.2. The van der Waals surface area contributed by atoms with E-state index in [0.717, 1.165) is 54.5 Å². The molecule has 2 aromatic carbocycles. The van der Waals surface area contributed by atoms with Crippen molar-refractivity contribution in [2.45, 2.75) is 38.3 Å². The molecule has 0 aromatic heterocycles. The summed E-state index contributed by atoms with van der Waals surface area (Å²) in [5, 5.41) is 4.12. The van der Waals surface area contributed by atoms with Gasteiger partial charge >= 0.3 is 0 Å². The zero-order chi connectivity index (χ0) is 21.6. The second-order valence-electron chi connectivity index (χ2n) is 9.08. The van der Waals surface area contributed by atoms with E-state index in [4.69, 9.17) is 21.3 Å². The van der Waals surface area contributed by atoms with Crippen molar-refractivity contribution in [1.29, 1.82) is 0 Å². The maximum atomic E-state index is 13.0. The van der Waals surface area contributed by atoms with Gasteiger partial charge in [-0.15, -0.1) is 0 Å². The lowest BCUT2D eigenvalue weighted by atomic mass is 10.0. The predicted molar refractivity (Wildman–Crippen MR) is 123 cm³/mol. The SMILES string of the molecule is CC1(C)CC[C@H](C(=O)N2CCN(C3=Nc4ccccc4Oc4ccc(Cl)cc43)CC2)N1. The zero-order valence-corrected chi connectivity index (χ0v) is 18.7. The highest BCUT2D eigenvalue weighted by Gasteiger charge is 2.37. The van der Waals surface area contributed by atoms with Crippen LogP contribution in [0.3, 0.4) is 0 Å². The number of nitrogens with zero attached hydrogens (tertiary/aromatic N) is 3. The molecule has 0 unspecified atom stereocenters. The third kappa shape index (κ3) is 4.02. The number of ether oxygens (including phenoxy) is 1. The van der Waals surface area contributed by atoms with Crippen LogP contribution in [0.15, 0.2) is 47.5 Å². The molecular weight excluding hydrogens is 412 g/mol. The molecule has 2 fully saturated rings. The molecule has 0 bridgehead atoms. The van der Waals surface area contributed by atoms with E-state index in [1.807, 2.05) is 47.4 Å². The van der Waals surface area contributed by atoms with Gasteiger partial charge in [0, 0.05) is 36.7 Å². The number of hydrogen-bond acceptors (Lipinski definition) is 5. The third-order valence-corrected chi connectivity index (χ3v) is 6.54. The molecule has 3 heterocycles. The Labute approximate surface area is 187 Å². The number of hydrogen-bond donors (Lipinski definition) is 1. The van der Waals surface area contributed by atoms with E-state index < -0.39 is 0 Å². The second kappa shape index (κ2) is 7.84.